The first-order valence-corrected chi connectivity index (χ1v) is 5.31. The van der Waals surface area contributed by atoms with Crippen LogP contribution in [0.15, 0.2) is 30.6 Å². The van der Waals surface area contributed by atoms with E-state index in [9.17, 15) is 13.2 Å². The van der Waals surface area contributed by atoms with Gasteiger partial charge in [-0.2, -0.15) is 0 Å². The molecule has 0 unspecified atom stereocenters. The summed E-state index contributed by atoms with van der Waals surface area (Å²) in [6.45, 7) is 0. The van der Waals surface area contributed by atoms with Gasteiger partial charge in [-0.3, -0.25) is 9.55 Å². The van der Waals surface area contributed by atoms with Crippen LogP contribution in [0.1, 0.15) is 0 Å². The number of anilines is 1. The molecule has 0 aliphatic rings. The highest BCUT2D eigenvalue weighted by Crippen LogP contribution is 2.26. The number of hydrogen-bond acceptors (Lipinski definition) is 3. The van der Waals surface area contributed by atoms with Crippen LogP contribution >= 0.6 is 0 Å². The standard InChI is InChI=1S/C12H7F3N4/c13-6-3-7(14)11(15)10(4-6)19-9-1-2-17-5-8(9)18-12(19)16/h1-5H,(H2,16,18). The van der Waals surface area contributed by atoms with Gasteiger partial charge in [0.25, 0.3) is 0 Å². The molecule has 0 amide bonds. The number of benzene rings is 1. The summed E-state index contributed by atoms with van der Waals surface area (Å²) in [5, 5.41) is 0. The van der Waals surface area contributed by atoms with Crippen LogP contribution in [-0.2, 0) is 0 Å². The number of imidazole rings is 1. The van der Waals surface area contributed by atoms with Gasteiger partial charge >= 0.3 is 0 Å². The molecule has 0 saturated carbocycles. The Morgan fingerprint density at radius 1 is 1.16 bits per heavy atom. The molecule has 2 heterocycles. The SMILES string of the molecule is Nc1nc2cnccc2n1-c1cc(F)cc(F)c1F. The van der Waals surface area contributed by atoms with Gasteiger partial charge in [0.05, 0.1) is 17.4 Å². The molecule has 0 fully saturated rings. The van der Waals surface area contributed by atoms with Gasteiger partial charge in [0.1, 0.15) is 11.3 Å². The largest absolute Gasteiger partial charge is 0.369 e. The molecule has 2 aromatic heterocycles. The van der Waals surface area contributed by atoms with Gasteiger partial charge in [0.2, 0.25) is 5.95 Å². The average molecular weight is 264 g/mol. The monoisotopic (exact) mass is 264 g/mol. The Morgan fingerprint density at radius 2 is 1.95 bits per heavy atom. The van der Waals surface area contributed by atoms with Gasteiger partial charge < -0.3 is 5.73 Å². The Bertz CT molecular complexity index is 782. The van der Waals surface area contributed by atoms with E-state index in [1.165, 1.54) is 18.5 Å². The highest BCUT2D eigenvalue weighted by molar-refractivity contribution is 5.79. The summed E-state index contributed by atoms with van der Waals surface area (Å²) in [7, 11) is 0. The van der Waals surface area contributed by atoms with E-state index in [1.54, 1.807) is 0 Å². The fraction of sp³-hybridized carbons (Fsp3) is 0. The van der Waals surface area contributed by atoms with E-state index in [0.717, 1.165) is 10.6 Å². The van der Waals surface area contributed by atoms with Crippen molar-refractivity contribution < 1.29 is 13.2 Å². The highest BCUT2D eigenvalue weighted by atomic mass is 19.2. The molecule has 2 N–H and O–H groups in total. The molecule has 96 valence electrons. The second-order valence-electron chi connectivity index (χ2n) is 3.89. The van der Waals surface area contributed by atoms with E-state index in [2.05, 4.69) is 9.97 Å². The summed E-state index contributed by atoms with van der Waals surface area (Å²) in [5.74, 6) is -3.45. The van der Waals surface area contributed by atoms with Gasteiger partial charge in [-0.05, 0) is 6.07 Å². The maximum atomic E-state index is 13.8. The third-order valence-corrected chi connectivity index (χ3v) is 2.70. The molecule has 0 bridgehead atoms. The number of nitrogen functional groups attached to an aromatic ring is 1. The number of pyridine rings is 1. The van der Waals surface area contributed by atoms with Crippen LogP contribution in [0.3, 0.4) is 0 Å². The number of aromatic nitrogens is 3. The first-order valence-electron chi connectivity index (χ1n) is 5.31. The van der Waals surface area contributed by atoms with Crippen molar-refractivity contribution in [2.24, 2.45) is 0 Å². The van der Waals surface area contributed by atoms with E-state index in [0.29, 0.717) is 17.1 Å². The van der Waals surface area contributed by atoms with Crippen molar-refractivity contribution in [1.82, 2.24) is 14.5 Å². The summed E-state index contributed by atoms with van der Waals surface area (Å²) in [6.07, 6.45) is 2.88. The first-order chi connectivity index (χ1) is 9.08. The number of hydrogen-bond donors (Lipinski definition) is 1. The molecule has 3 rings (SSSR count). The van der Waals surface area contributed by atoms with Crippen molar-refractivity contribution in [2.45, 2.75) is 0 Å². The molecule has 0 atom stereocenters. The maximum absolute atomic E-state index is 13.8. The molecule has 7 heteroatoms. The van der Waals surface area contributed by atoms with Crippen LogP contribution < -0.4 is 5.73 Å². The van der Waals surface area contributed by atoms with Crippen LogP contribution in [0.25, 0.3) is 16.7 Å². The van der Waals surface area contributed by atoms with Crippen LogP contribution in [-0.4, -0.2) is 14.5 Å². The van der Waals surface area contributed by atoms with Crippen LogP contribution in [0.5, 0.6) is 0 Å². The fourth-order valence-corrected chi connectivity index (χ4v) is 1.91. The highest BCUT2D eigenvalue weighted by Gasteiger charge is 2.17. The lowest BCUT2D eigenvalue weighted by Crippen LogP contribution is -2.05. The minimum absolute atomic E-state index is 0.0769. The lowest BCUT2D eigenvalue weighted by Gasteiger charge is -2.08. The van der Waals surface area contributed by atoms with Crippen molar-refractivity contribution in [3.05, 3.63) is 48.0 Å². The summed E-state index contributed by atoms with van der Waals surface area (Å²) in [6, 6.07) is 2.85. The van der Waals surface area contributed by atoms with Gasteiger partial charge in [-0.25, -0.2) is 18.2 Å². The molecule has 0 saturated heterocycles. The normalized spacial score (nSPS) is 11.1. The Hall–Kier alpha value is -2.57. The molecule has 0 spiro atoms. The topological polar surface area (TPSA) is 56.7 Å². The Kier molecular flexibility index (Phi) is 2.41. The molecular weight excluding hydrogens is 257 g/mol. The lowest BCUT2D eigenvalue weighted by molar-refractivity contribution is 0.491. The van der Waals surface area contributed by atoms with E-state index in [4.69, 9.17) is 5.73 Å². The maximum Gasteiger partial charge on any atom is 0.206 e. The van der Waals surface area contributed by atoms with Crippen molar-refractivity contribution in [3.63, 3.8) is 0 Å². The zero-order valence-electron chi connectivity index (χ0n) is 9.44. The fourth-order valence-electron chi connectivity index (χ4n) is 1.91. The third-order valence-electron chi connectivity index (χ3n) is 2.70. The Morgan fingerprint density at radius 3 is 2.74 bits per heavy atom. The van der Waals surface area contributed by atoms with Gasteiger partial charge in [-0.15, -0.1) is 0 Å². The average Bonchev–Trinajstić information content (AvgIpc) is 2.70. The van der Waals surface area contributed by atoms with Crippen molar-refractivity contribution in [3.8, 4) is 5.69 Å². The quantitative estimate of drug-likeness (QED) is 0.687. The minimum atomic E-state index is -1.29. The summed E-state index contributed by atoms with van der Waals surface area (Å²) in [4.78, 5) is 7.80. The zero-order valence-corrected chi connectivity index (χ0v) is 9.44. The molecular formula is C12H7F3N4. The number of nitrogens with zero attached hydrogens (tertiary/aromatic N) is 3. The number of nitrogens with two attached hydrogens (primary N) is 1. The van der Waals surface area contributed by atoms with Gasteiger partial charge in [0, 0.05) is 18.3 Å². The van der Waals surface area contributed by atoms with E-state index in [1.807, 2.05) is 0 Å². The zero-order chi connectivity index (χ0) is 13.6. The van der Waals surface area contributed by atoms with E-state index < -0.39 is 17.5 Å². The van der Waals surface area contributed by atoms with Crippen molar-refractivity contribution >= 4 is 17.0 Å². The first kappa shape index (κ1) is 11.5. The van der Waals surface area contributed by atoms with Gasteiger partial charge in [0.15, 0.2) is 11.6 Å². The predicted octanol–water partition coefficient (Wildman–Crippen LogP) is 2.42. The lowest BCUT2D eigenvalue weighted by atomic mass is 10.2. The smallest absolute Gasteiger partial charge is 0.206 e. The Balaban J connectivity index is 2.39. The molecule has 0 aliphatic heterocycles. The number of fused-ring (bicyclic) bond motifs is 1. The van der Waals surface area contributed by atoms with E-state index in [-0.39, 0.29) is 11.6 Å². The summed E-state index contributed by atoms with van der Waals surface area (Å²) >= 11 is 0. The minimum Gasteiger partial charge on any atom is -0.369 e. The van der Waals surface area contributed by atoms with Crippen molar-refractivity contribution in [2.75, 3.05) is 5.73 Å². The van der Waals surface area contributed by atoms with Crippen LogP contribution in [0.2, 0.25) is 0 Å². The molecule has 0 aliphatic carbocycles. The second-order valence-corrected chi connectivity index (χ2v) is 3.89. The number of rotatable bonds is 1. The molecule has 1 aromatic carbocycles. The van der Waals surface area contributed by atoms with Gasteiger partial charge in [-0.1, -0.05) is 0 Å². The molecule has 19 heavy (non-hydrogen) atoms. The third kappa shape index (κ3) is 1.70. The van der Waals surface area contributed by atoms with Crippen molar-refractivity contribution in [1.29, 1.82) is 0 Å². The second kappa shape index (κ2) is 3.98. The van der Waals surface area contributed by atoms with Crippen LogP contribution in [0.4, 0.5) is 19.1 Å². The molecule has 0 radical (unpaired) electrons. The molecule has 4 nitrogen and oxygen atoms in total. The number of halogens is 3. The summed E-state index contributed by atoms with van der Waals surface area (Å²) < 4.78 is 41.4. The molecule has 3 aromatic rings. The summed E-state index contributed by atoms with van der Waals surface area (Å²) in [5.41, 5.74) is 6.16. The predicted molar refractivity (Wildman–Crippen MR) is 63.2 cm³/mol. The van der Waals surface area contributed by atoms with E-state index >= 15 is 0 Å². The Labute approximate surface area is 105 Å². The van der Waals surface area contributed by atoms with Crippen LogP contribution in [0, 0.1) is 17.5 Å².